The molecule has 0 radical (unpaired) electrons. The second-order valence-corrected chi connectivity index (χ2v) is 10.4. The molecule has 14 heteroatoms. The number of hydrogen-bond donors (Lipinski definition) is 5. The number of aromatic nitrogens is 2. The number of anilines is 1. The monoisotopic (exact) mass is 609 g/mol. The number of ketones is 1. The van der Waals surface area contributed by atoms with Crippen molar-refractivity contribution in [2.24, 2.45) is 11.7 Å². The van der Waals surface area contributed by atoms with E-state index in [1.807, 2.05) is 17.9 Å². The van der Waals surface area contributed by atoms with E-state index in [1.54, 1.807) is 31.2 Å². The molecule has 0 aliphatic rings. The molecule has 14 nitrogen and oxygen atoms in total. The number of benzene rings is 2. The molecule has 0 saturated heterocycles. The van der Waals surface area contributed by atoms with E-state index in [-0.39, 0.29) is 17.5 Å². The van der Waals surface area contributed by atoms with Crippen LogP contribution in [0.2, 0.25) is 0 Å². The highest BCUT2D eigenvalue weighted by molar-refractivity contribution is 6.02. The zero-order chi connectivity index (χ0) is 32.7. The number of aromatic amines is 1. The second kappa shape index (κ2) is 14.4. The minimum Gasteiger partial charge on any atom is -0.481 e. The summed E-state index contributed by atoms with van der Waals surface area (Å²) in [5, 5.41) is 28.7. The van der Waals surface area contributed by atoms with Gasteiger partial charge in [-0.05, 0) is 68.7 Å². The van der Waals surface area contributed by atoms with Crippen LogP contribution in [0.1, 0.15) is 47.9 Å². The van der Waals surface area contributed by atoms with Gasteiger partial charge in [-0.1, -0.05) is 6.07 Å². The molecule has 0 fully saturated rings. The minimum atomic E-state index is -1.86. The number of Topliss-reactive ketones (excluding diaryl/α,β-unsaturated/α-hetero) is 1. The Morgan fingerprint density at radius 1 is 1.00 bits per heavy atom. The average molecular weight is 610 g/mol. The molecule has 1 heterocycles. The number of amides is 1. The summed E-state index contributed by atoms with van der Waals surface area (Å²) in [6.45, 7) is 4.69. The fourth-order valence-corrected chi connectivity index (χ4v) is 4.83. The van der Waals surface area contributed by atoms with Crippen molar-refractivity contribution in [3.63, 3.8) is 0 Å². The lowest BCUT2D eigenvalue weighted by molar-refractivity contribution is -0.149. The van der Waals surface area contributed by atoms with Crippen LogP contribution in [0.5, 0.6) is 0 Å². The van der Waals surface area contributed by atoms with Crippen molar-refractivity contribution in [3.8, 4) is 0 Å². The Balaban J connectivity index is 1.76. The summed E-state index contributed by atoms with van der Waals surface area (Å²) in [5.41, 5.74) is 7.80. The third-order valence-corrected chi connectivity index (χ3v) is 7.33. The van der Waals surface area contributed by atoms with Crippen LogP contribution >= 0.6 is 0 Å². The lowest BCUT2D eigenvalue weighted by Crippen LogP contribution is -2.47. The molecular formula is C30H35N5O9. The first-order valence-corrected chi connectivity index (χ1v) is 13.8. The number of aliphatic carboxylic acids is 3. The van der Waals surface area contributed by atoms with Crippen LogP contribution in [0.4, 0.5) is 5.69 Å². The summed E-state index contributed by atoms with van der Waals surface area (Å²) >= 11 is 0. The number of rotatable bonds is 15. The molecule has 0 bridgehead atoms. The van der Waals surface area contributed by atoms with Gasteiger partial charge in [0.25, 0.3) is 11.5 Å². The summed E-state index contributed by atoms with van der Waals surface area (Å²) in [6.07, 6.45) is -1.54. The Labute approximate surface area is 252 Å². The summed E-state index contributed by atoms with van der Waals surface area (Å²) in [4.78, 5) is 82.9. The average Bonchev–Trinajstić information content (AvgIpc) is 2.98. The number of hydrogen-bond acceptors (Lipinski definition) is 9. The molecule has 0 aliphatic heterocycles. The molecule has 234 valence electrons. The van der Waals surface area contributed by atoms with Crippen LogP contribution in [-0.2, 0) is 25.7 Å². The number of carboxylic acid groups (broad SMARTS) is 3. The molecule has 44 heavy (non-hydrogen) atoms. The van der Waals surface area contributed by atoms with Crippen LogP contribution in [0, 0.1) is 12.8 Å². The van der Waals surface area contributed by atoms with Crippen molar-refractivity contribution < 1.29 is 39.3 Å². The van der Waals surface area contributed by atoms with Gasteiger partial charge < -0.3 is 35.8 Å². The maximum absolute atomic E-state index is 13.2. The lowest BCUT2D eigenvalue weighted by Gasteiger charge is -2.28. The third kappa shape index (κ3) is 8.04. The predicted molar refractivity (Wildman–Crippen MR) is 159 cm³/mol. The second-order valence-electron chi connectivity index (χ2n) is 10.4. The Morgan fingerprint density at radius 3 is 2.23 bits per heavy atom. The van der Waals surface area contributed by atoms with Gasteiger partial charge in [-0.3, -0.25) is 24.0 Å². The minimum absolute atomic E-state index is 0.133. The molecule has 1 amide bonds. The van der Waals surface area contributed by atoms with E-state index in [4.69, 9.17) is 10.8 Å². The van der Waals surface area contributed by atoms with E-state index < -0.39 is 60.4 Å². The highest BCUT2D eigenvalue weighted by Gasteiger charge is 2.38. The molecule has 3 rings (SSSR count). The Kier molecular flexibility index (Phi) is 10.9. The van der Waals surface area contributed by atoms with Gasteiger partial charge in [0, 0.05) is 37.8 Å². The number of carbonyl (C=O) groups excluding carboxylic acids is 2. The Bertz CT molecular complexity index is 1620. The molecule has 3 aromatic rings. The summed E-state index contributed by atoms with van der Waals surface area (Å²) in [5.74, 6) is -7.44. The number of carbonyl (C=O) groups is 5. The van der Waals surface area contributed by atoms with Crippen molar-refractivity contribution in [3.05, 3.63) is 69.8 Å². The first-order valence-electron chi connectivity index (χ1n) is 13.8. The van der Waals surface area contributed by atoms with E-state index in [0.29, 0.717) is 29.8 Å². The fourth-order valence-electron chi connectivity index (χ4n) is 4.83. The number of nitrogens with zero attached hydrogens (tertiary/aromatic N) is 3. The number of H-pyrrole nitrogens is 1. The number of carboxylic acids is 3. The SMILES string of the molecule is CCN(Cc1ccc2nc(C)[nH]c(=O)c2c1)c1ccc(C(=O)N(C)[C@@H](CC(C(=O)O)C(=O)[C@@H](N)CCC(=O)O)C(=O)O)cc1. The van der Waals surface area contributed by atoms with Gasteiger partial charge >= 0.3 is 17.9 Å². The highest BCUT2D eigenvalue weighted by Crippen LogP contribution is 2.22. The van der Waals surface area contributed by atoms with Crippen LogP contribution < -0.4 is 16.2 Å². The standard InChI is InChI=1S/C30H35N5O9/c1-4-35(15-17-5-11-23-20(13-17)27(39)33-16(2)32-23)19-8-6-18(7-9-19)28(40)34(3)24(30(43)44)14-21(29(41)42)26(38)22(31)10-12-25(36)37/h5-9,11,13,21-22,24H,4,10,12,14-15,31H2,1-3H3,(H,36,37)(H,41,42)(H,43,44)(H,32,33,39)/t21?,22-,24-/m0/s1. The molecule has 6 N–H and O–H groups in total. The smallest absolute Gasteiger partial charge is 0.326 e. The number of fused-ring (bicyclic) bond motifs is 1. The Hall–Kier alpha value is -5.11. The zero-order valence-electron chi connectivity index (χ0n) is 24.5. The van der Waals surface area contributed by atoms with E-state index in [1.165, 1.54) is 19.2 Å². The fraction of sp³-hybridized carbons (Fsp3) is 0.367. The lowest BCUT2D eigenvalue weighted by atomic mass is 9.89. The summed E-state index contributed by atoms with van der Waals surface area (Å²) in [7, 11) is 1.19. The topological polar surface area (TPSA) is 224 Å². The van der Waals surface area contributed by atoms with E-state index >= 15 is 0 Å². The van der Waals surface area contributed by atoms with Gasteiger partial charge in [-0.2, -0.15) is 0 Å². The van der Waals surface area contributed by atoms with Crippen LogP contribution in [-0.4, -0.2) is 85.5 Å². The number of nitrogens with two attached hydrogens (primary N) is 1. The van der Waals surface area contributed by atoms with Crippen LogP contribution in [0.25, 0.3) is 10.9 Å². The van der Waals surface area contributed by atoms with Gasteiger partial charge in [0.15, 0.2) is 5.78 Å². The molecule has 0 aliphatic carbocycles. The number of aryl methyl sites for hydroxylation is 1. The van der Waals surface area contributed by atoms with Crippen molar-refractivity contribution in [2.75, 3.05) is 18.5 Å². The first kappa shape index (κ1) is 33.4. The van der Waals surface area contributed by atoms with Crippen molar-refractivity contribution in [2.45, 2.75) is 51.7 Å². The Morgan fingerprint density at radius 2 is 1.66 bits per heavy atom. The van der Waals surface area contributed by atoms with Crippen molar-refractivity contribution in [1.82, 2.24) is 14.9 Å². The molecule has 2 aromatic carbocycles. The van der Waals surface area contributed by atoms with Crippen molar-refractivity contribution in [1.29, 1.82) is 0 Å². The van der Waals surface area contributed by atoms with Gasteiger partial charge in [0.05, 0.1) is 16.9 Å². The zero-order valence-corrected chi connectivity index (χ0v) is 24.5. The summed E-state index contributed by atoms with van der Waals surface area (Å²) < 4.78 is 0. The quantitative estimate of drug-likeness (QED) is 0.155. The molecule has 1 unspecified atom stereocenters. The largest absolute Gasteiger partial charge is 0.481 e. The predicted octanol–water partition coefficient (Wildman–Crippen LogP) is 1.64. The van der Waals surface area contributed by atoms with Crippen LogP contribution in [0.15, 0.2) is 47.3 Å². The van der Waals surface area contributed by atoms with Gasteiger partial charge in [0.2, 0.25) is 0 Å². The molecule has 1 aromatic heterocycles. The van der Waals surface area contributed by atoms with Gasteiger partial charge in [-0.15, -0.1) is 0 Å². The third-order valence-electron chi connectivity index (χ3n) is 7.33. The molecular weight excluding hydrogens is 574 g/mol. The normalized spacial score (nSPS) is 13.1. The molecule has 0 saturated carbocycles. The summed E-state index contributed by atoms with van der Waals surface area (Å²) in [6, 6.07) is 8.72. The number of likely N-dealkylation sites (N-methyl/N-ethyl adjacent to an activating group) is 1. The van der Waals surface area contributed by atoms with Crippen LogP contribution in [0.3, 0.4) is 0 Å². The highest BCUT2D eigenvalue weighted by atomic mass is 16.4. The van der Waals surface area contributed by atoms with Gasteiger partial charge in [0.1, 0.15) is 17.8 Å². The molecule has 0 spiro atoms. The van der Waals surface area contributed by atoms with Gasteiger partial charge in [-0.25, -0.2) is 9.78 Å². The molecule has 3 atom stereocenters. The van der Waals surface area contributed by atoms with E-state index in [0.717, 1.165) is 16.2 Å². The van der Waals surface area contributed by atoms with Crippen molar-refractivity contribution >= 4 is 46.2 Å². The maximum Gasteiger partial charge on any atom is 0.326 e. The van der Waals surface area contributed by atoms with E-state index in [9.17, 15) is 39.0 Å². The van der Waals surface area contributed by atoms with E-state index in [2.05, 4.69) is 9.97 Å². The first-order chi connectivity index (χ1) is 20.7. The maximum atomic E-state index is 13.2. The number of nitrogens with one attached hydrogen (secondary N) is 1.